The molecule has 1 aromatic rings. The normalized spacial score (nSPS) is 25.7. The van der Waals surface area contributed by atoms with Crippen LogP contribution in [0.25, 0.3) is 0 Å². The molecule has 2 saturated carbocycles. The second kappa shape index (κ2) is 12.7. The van der Waals surface area contributed by atoms with Crippen LogP contribution in [0.3, 0.4) is 0 Å². The Morgan fingerprint density at radius 3 is 2.21 bits per heavy atom. The predicted molar refractivity (Wildman–Crippen MR) is 150 cm³/mol. The van der Waals surface area contributed by atoms with Crippen molar-refractivity contribution in [2.75, 3.05) is 27.3 Å². The van der Waals surface area contributed by atoms with E-state index in [2.05, 4.69) is 0 Å². The number of carbonyl (C=O) groups excluding carboxylic acids is 2. The van der Waals surface area contributed by atoms with Crippen molar-refractivity contribution >= 4 is 29.9 Å². The second-order valence-corrected chi connectivity index (χ2v) is 11.2. The first-order valence-electron chi connectivity index (χ1n) is 14.2. The van der Waals surface area contributed by atoms with Crippen molar-refractivity contribution in [3.8, 4) is 11.5 Å². The minimum atomic E-state index is -0.397. The number of piperidine rings is 1. The average Bonchev–Trinajstić information content (AvgIpc) is 2.97. The zero-order valence-electron chi connectivity index (χ0n) is 22.8. The summed E-state index contributed by atoms with van der Waals surface area (Å²) in [5.41, 5.74) is 8.39. The molecule has 2 N–H and O–H groups in total. The molecule has 0 unspecified atom stereocenters. The number of benzene rings is 1. The maximum absolute atomic E-state index is 13.7. The number of halogens is 1. The van der Waals surface area contributed by atoms with Crippen LogP contribution in [0.15, 0.2) is 23.3 Å². The summed E-state index contributed by atoms with van der Waals surface area (Å²) in [5, 5.41) is 6.79. The molecule has 2 heterocycles. The summed E-state index contributed by atoms with van der Waals surface area (Å²) in [4.78, 5) is 28.7. The second-order valence-electron chi connectivity index (χ2n) is 11.2. The Balaban J connectivity index is 0.00000336. The highest BCUT2D eigenvalue weighted by atomic mass is 35.5. The van der Waals surface area contributed by atoms with E-state index in [0.29, 0.717) is 30.5 Å². The smallest absolute Gasteiger partial charge is 0.246 e. The van der Waals surface area contributed by atoms with Crippen LogP contribution in [0.4, 0.5) is 0 Å². The SMILES string of the molecule is COc1ccc(C2=NN(C3CCN(C(=O)[C@@H](N)C4CCCCC4)CC3)C(=O)[C@@H]3CCCC[C@H]23)cc1OC.Cl. The van der Waals surface area contributed by atoms with E-state index in [1.54, 1.807) is 19.2 Å². The Bertz CT molecular complexity index is 1020. The van der Waals surface area contributed by atoms with Crippen molar-refractivity contribution in [1.29, 1.82) is 0 Å². The molecule has 2 aliphatic heterocycles. The third-order valence-electron chi connectivity index (χ3n) is 9.12. The van der Waals surface area contributed by atoms with Crippen LogP contribution in [0, 0.1) is 17.8 Å². The third-order valence-corrected chi connectivity index (χ3v) is 9.12. The number of ether oxygens (including phenoxy) is 2. The number of hydrogen-bond donors (Lipinski definition) is 1. The first-order chi connectivity index (χ1) is 18.0. The van der Waals surface area contributed by atoms with Crippen LogP contribution in [-0.2, 0) is 9.59 Å². The number of carbonyl (C=O) groups is 2. The van der Waals surface area contributed by atoms with Gasteiger partial charge in [0.2, 0.25) is 11.8 Å². The Hall–Kier alpha value is -2.32. The number of rotatable bonds is 6. The number of nitrogens with zero attached hydrogens (tertiary/aromatic N) is 3. The van der Waals surface area contributed by atoms with Crippen molar-refractivity contribution < 1.29 is 19.1 Å². The molecule has 8 nitrogen and oxygen atoms in total. The number of hydrazone groups is 1. The Kier molecular flexibility index (Phi) is 9.58. The van der Waals surface area contributed by atoms with E-state index in [-0.39, 0.29) is 42.1 Å². The van der Waals surface area contributed by atoms with Crippen molar-refractivity contribution in [1.82, 2.24) is 9.91 Å². The van der Waals surface area contributed by atoms with Crippen LogP contribution in [-0.4, -0.2) is 66.8 Å². The number of hydrogen-bond acceptors (Lipinski definition) is 6. The van der Waals surface area contributed by atoms with Crippen LogP contribution >= 0.6 is 12.4 Å². The zero-order valence-corrected chi connectivity index (χ0v) is 23.6. The first-order valence-corrected chi connectivity index (χ1v) is 14.2. The highest BCUT2D eigenvalue weighted by Crippen LogP contribution is 2.40. The number of amides is 2. The molecule has 1 aromatic carbocycles. The molecule has 9 heteroatoms. The van der Waals surface area contributed by atoms with E-state index in [0.717, 1.165) is 62.6 Å². The van der Waals surface area contributed by atoms with E-state index in [9.17, 15) is 9.59 Å². The van der Waals surface area contributed by atoms with Gasteiger partial charge in [-0.25, -0.2) is 5.01 Å². The van der Waals surface area contributed by atoms with Gasteiger partial charge in [0.05, 0.1) is 32.0 Å². The van der Waals surface area contributed by atoms with Crippen molar-refractivity contribution in [2.45, 2.75) is 82.7 Å². The highest BCUT2D eigenvalue weighted by Gasteiger charge is 2.44. The van der Waals surface area contributed by atoms with Gasteiger partial charge in [-0.05, 0) is 62.6 Å². The Labute approximate surface area is 232 Å². The lowest BCUT2D eigenvalue weighted by Crippen LogP contribution is -2.55. The molecule has 4 aliphatic rings. The topological polar surface area (TPSA) is 97.5 Å². The molecule has 5 rings (SSSR count). The largest absolute Gasteiger partial charge is 0.493 e. The van der Waals surface area contributed by atoms with Crippen molar-refractivity contribution in [3.63, 3.8) is 0 Å². The molecule has 0 radical (unpaired) electrons. The van der Waals surface area contributed by atoms with Gasteiger partial charge in [-0.2, -0.15) is 5.10 Å². The fourth-order valence-electron chi connectivity index (χ4n) is 6.93. The monoisotopic (exact) mass is 546 g/mol. The fraction of sp³-hybridized carbons (Fsp3) is 0.690. The summed E-state index contributed by atoms with van der Waals surface area (Å²) in [6.07, 6.45) is 11.2. The molecular formula is C29H43ClN4O4. The maximum Gasteiger partial charge on any atom is 0.246 e. The zero-order chi connectivity index (χ0) is 25.9. The summed E-state index contributed by atoms with van der Waals surface area (Å²) in [6, 6.07) is 5.51. The molecule has 38 heavy (non-hydrogen) atoms. The third kappa shape index (κ3) is 5.67. The van der Waals surface area contributed by atoms with Gasteiger partial charge in [-0.3, -0.25) is 9.59 Å². The predicted octanol–water partition coefficient (Wildman–Crippen LogP) is 4.38. The van der Waals surface area contributed by atoms with Gasteiger partial charge in [0.25, 0.3) is 0 Å². The summed E-state index contributed by atoms with van der Waals surface area (Å²) in [7, 11) is 3.27. The lowest BCUT2D eigenvalue weighted by molar-refractivity contribution is -0.143. The standard InChI is InChI=1S/C29H42N4O4.ClH/c1-36-24-13-12-20(18-25(24)37-2)27-22-10-6-7-11-23(22)28(34)33(31-27)21-14-16-32(17-15-21)29(35)26(30)19-8-4-3-5-9-19;/h12-13,18-19,21-23,26H,3-11,14-17,30H2,1-2H3;1H/t22-,23+,26-;/m0./s1. The Morgan fingerprint density at radius 2 is 1.55 bits per heavy atom. The number of likely N-dealkylation sites (tertiary alicyclic amines) is 1. The molecule has 3 atom stereocenters. The van der Waals surface area contributed by atoms with Crippen LogP contribution < -0.4 is 15.2 Å². The Morgan fingerprint density at radius 1 is 0.921 bits per heavy atom. The van der Waals surface area contributed by atoms with Gasteiger partial charge in [0, 0.05) is 30.5 Å². The molecule has 2 amide bonds. The van der Waals surface area contributed by atoms with Gasteiger partial charge in [0.15, 0.2) is 11.5 Å². The van der Waals surface area contributed by atoms with Gasteiger partial charge in [-0.15, -0.1) is 12.4 Å². The van der Waals surface area contributed by atoms with Crippen LogP contribution in [0.1, 0.15) is 76.2 Å². The number of fused-ring (bicyclic) bond motifs is 1. The minimum absolute atomic E-state index is 0. The van der Waals surface area contributed by atoms with Gasteiger partial charge in [-0.1, -0.05) is 32.1 Å². The average molecular weight is 547 g/mol. The first kappa shape index (κ1) is 28.7. The molecule has 2 aliphatic carbocycles. The van der Waals surface area contributed by atoms with Gasteiger partial charge >= 0.3 is 0 Å². The van der Waals surface area contributed by atoms with Crippen LogP contribution in [0.2, 0.25) is 0 Å². The molecule has 0 bridgehead atoms. The summed E-state index contributed by atoms with van der Waals surface area (Å²) >= 11 is 0. The molecule has 3 fully saturated rings. The number of nitrogens with two attached hydrogens (primary N) is 1. The maximum atomic E-state index is 13.7. The molecule has 1 saturated heterocycles. The highest BCUT2D eigenvalue weighted by molar-refractivity contribution is 6.07. The van der Waals surface area contributed by atoms with E-state index >= 15 is 0 Å². The van der Waals surface area contributed by atoms with E-state index in [4.69, 9.17) is 20.3 Å². The van der Waals surface area contributed by atoms with E-state index in [1.165, 1.54) is 19.3 Å². The molecule has 0 spiro atoms. The minimum Gasteiger partial charge on any atom is -0.493 e. The molecule has 210 valence electrons. The van der Waals surface area contributed by atoms with E-state index < -0.39 is 6.04 Å². The summed E-state index contributed by atoms with van der Waals surface area (Å²) < 4.78 is 11.0. The fourth-order valence-corrected chi connectivity index (χ4v) is 6.93. The number of methoxy groups -OCH3 is 2. The summed E-state index contributed by atoms with van der Waals surface area (Å²) in [5.74, 6) is 1.98. The molecule has 0 aromatic heterocycles. The lowest BCUT2D eigenvalue weighted by atomic mass is 9.73. The summed E-state index contributed by atoms with van der Waals surface area (Å²) in [6.45, 7) is 1.26. The van der Waals surface area contributed by atoms with Crippen molar-refractivity contribution in [2.24, 2.45) is 28.6 Å². The lowest BCUT2D eigenvalue weighted by Gasteiger charge is -2.44. The van der Waals surface area contributed by atoms with Crippen LogP contribution in [0.5, 0.6) is 11.5 Å². The van der Waals surface area contributed by atoms with Gasteiger partial charge < -0.3 is 20.1 Å². The van der Waals surface area contributed by atoms with E-state index in [1.807, 2.05) is 23.1 Å². The van der Waals surface area contributed by atoms with Crippen molar-refractivity contribution in [3.05, 3.63) is 23.8 Å². The quantitative estimate of drug-likeness (QED) is 0.571. The molecular weight excluding hydrogens is 504 g/mol. The van der Waals surface area contributed by atoms with Gasteiger partial charge in [0.1, 0.15) is 0 Å².